The van der Waals surface area contributed by atoms with Gasteiger partial charge in [-0.25, -0.2) is 0 Å². The van der Waals surface area contributed by atoms with Crippen molar-refractivity contribution in [2.45, 2.75) is 26.4 Å². The number of likely N-dealkylation sites (N-methyl/N-ethyl adjacent to an activating group) is 1. The molecule has 0 radical (unpaired) electrons. The molecule has 0 unspecified atom stereocenters. The maximum atomic E-state index is 12.0. The van der Waals surface area contributed by atoms with E-state index in [1.807, 2.05) is 44.3 Å². The Labute approximate surface area is 119 Å². The Morgan fingerprint density at radius 2 is 1.95 bits per heavy atom. The first-order valence-electron chi connectivity index (χ1n) is 6.61. The first-order chi connectivity index (χ1) is 9.47. The number of carbonyl (C=O) groups is 1. The zero-order valence-corrected chi connectivity index (χ0v) is 12.1. The standard InChI is InChI=1S/C15H20N4O/c1-11(2)18(3)15(20)10-19-9-13(8-17-19)12-4-6-14(16)7-5-12/h4-9,11H,10,16H2,1-3H3. The lowest BCUT2D eigenvalue weighted by atomic mass is 10.1. The summed E-state index contributed by atoms with van der Waals surface area (Å²) in [7, 11) is 1.80. The van der Waals surface area contributed by atoms with E-state index in [4.69, 9.17) is 5.73 Å². The minimum atomic E-state index is 0.0481. The van der Waals surface area contributed by atoms with Crippen LogP contribution < -0.4 is 5.73 Å². The highest BCUT2D eigenvalue weighted by Crippen LogP contribution is 2.19. The second kappa shape index (κ2) is 5.77. The maximum absolute atomic E-state index is 12.0. The van der Waals surface area contributed by atoms with Crippen LogP contribution in [0.3, 0.4) is 0 Å². The second-order valence-corrected chi connectivity index (χ2v) is 5.15. The molecule has 5 heteroatoms. The van der Waals surface area contributed by atoms with Gasteiger partial charge in [0.1, 0.15) is 6.54 Å². The van der Waals surface area contributed by atoms with Crippen LogP contribution in [0, 0.1) is 0 Å². The SMILES string of the molecule is CC(C)N(C)C(=O)Cn1cc(-c2ccc(N)cc2)cn1. The predicted octanol–water partition coefficient (Wildman–Crippen LogP) is 2.00. The van der Waals surface area contributed by atoms with Gasteiger partial charge in [0.2, 0.25) is 5.91 Å². The van der Waals surface area contributed by atoms with Crippen molar-refractivity contribution in [2.75, 3.05) is 12.8 Å². The van der Waals surface area contributed by atoms with Gasteiger partial charge in [-0.05, 0) is 31.5 Å². The number of hydrogen-bond acceptors (Lipinski definition) is 3. The maximum Gasteiger partial charge on any atom is 0.244 e. The minimum Gasteiger partial charge on any atom is -0.399 e. The summed E-state index contributed by atoms with van der Waals surface area (Å²) >= 11 is 0. The highest BCUT2D eigenvalue weighted by molar-refractivity contribution is 5.76. The van der Waals surface area contributed by atoms with E-state index in [1.54, 1.807) is 22.8 Å². The van der Waals surface area contributed by atoms with Crippen molar-refractivity contribution in [1.29, 1.82) is 0 Å². The number of rotatable bonds is 4. The molecule has 1 aromatic heterocycles. The third-order valence-corrected chi connectivity index (χ3v) is 3.34. The van der Waals surface area contributed by atoms with E-state index >= 15 is 0 Å². The number of benzene rings is 1. The number of anilines is 1. The molecule has 0 saturated heterocycles. The van der Waals surface area contributed by atoms with Gasteiger partial charge in [-0.3, -0.25) is 9.48 Å². The lowest BCUT2D eigenvalue weighted by Gasteiger charge is -2.21. The van der Waals surface area contributed by atoms with Crippen molar-refractivity contribution < 1.29 is 4.79 Å². The highest BCUT2D eigenvalue weighted by Gasteiger charge is 2.13. The van der Waals surface area contributed by atoms with Gasteiger partial charge in [-0.15, -0.1) is 0 Å². The Hall–Kier alpha value is -2.30. The largest absolute Gasteiger partial charge is 0.399 e. The fourth-order valence-electron chi connectivity index (χ4n) is 1.81. The van der Waals surface area contributed by atoms with Gasteiger partial charge in [0.15, 0.2) is 0 Å². The van der Waals surface area contributed by atoms with Gasteiger partial charge in [0, 0.05) is 30.5 Å². The average molecular weight is 272 g/mol. The normalized spacial score (nSPS) is 10.8. The van der Waals surface area contributed by atoms with Crippen LogP contribution in [-0.4, -0.2) is 33.7 Å². The van der Waals surface area contributed by atoms with Crippen molar-refractivity contribution in [3.05, 3.63) is 36.7 Å². The number of nitrogens with two attached hydrogens (primary N) is 1. The van der Waals surface area contributed by atoms with E-state index in [2.05, 4.69) is 5.10 Å². The highest BCUT2D eigenvalue weighted by atomic mass is 16.2. The number of nitrogen functional groups attached to an aromatic ring is 1. The second-order valence-electron chi connectivity index (χ2n) is 5.15. The first kappa shape index (κ1) is 14.1. The summed E-state index contributed by atoms with van der Waals surface area (Å²) in [5.74, 6) is 0.0481. The first-order valence-corrected chi connectivity index (χ1v) is 6.61. The van der Waals surface area contributed by atoms with Crippen LogP contribution in [0.1, 0.15) is 13.8 Å². The Bertz CT molecular complexity index is 586. The van der Waals surface area contributed by atoms with Crippen LogP contribution in [-0.2, 0) is 11.3 Å². The van der Waals surface area contributed by atoms with Crippen molar-refractivity contribution >= 4 is 11.6 Å². The third-order valence-electron chi connectivity index (χ3n) is 3.34. The molecule has 2 rings (SSSR count). The molecule has 0 aliphatic heterocycles. The van der Waals surface area contributed by atoms with Gasteiger partial charge in [-0.2, -0.15) is 5.10 Å². The van der Waals surface area contributed by atoms with E-state index in [-0.39, 0.29) is 18.5 Å². The van der Waals surface area contributed by atoms with Crippen molar-refractivity contribution in [3.8, 4) is 11.1 Å². The number of carbonyl (C=O) groups excluding carboxylic acids is 1. The van der Waals surface area contributed by atoms with Crippen LogP contribution in [0.2, 0.25) is 0 Å². The number of aromatic nitrogens is 2. The molecule has 1 aromatic carbocycles. The molecule has 20 heavy (non-hydrogen) atoms. The van der Waals surface area contributed by atoms with Crippen LogP contribution >= 0.6 is 0 Å². The van der Waals surface area contributed by atoms with Crippen molar-refractivity contribution in [1.82, 2.24) is 14.7 Å². The Balaban J connectivity index is 2.09. The fourth-order valence-corrected chi connectivity index (χ4v) is 1.81. The average Bonchev–Trinajstić information content (AvgIpc) is 2.87. The number of hydrogen-bond donors (Lipinski definition) is 1. The summed E-state index contributed by atoms with van der Waals surface area (Å²) in [5.41, 5.74) is 8.41. The van der Waals surface area contributed by atoms with Gasteiger partial charge in [-0.1, -0.05) is 12.1 Å². The van der Waals surface area contributed by atoms with Gasteiger partial charge >= 0.3 is 0 Å². The summed E-state index contributed by atoms with van der Waals surface area (Å²) in [6, 6.07) is 7.78. The minimum absolute atomic E-state index is 0.0481. The van der Waals surface area contributed by atoms with Gasteiger partial charge in [0.05, 0.1) is 6.20 Å². The molecule has 0 aliphatic carbocycles. The van der Waals surface area contributed by atoms with Crippen molar-refractivity contribution in [3.63, 3.8) is 0 Å². The molecule has 0 spiro atoms. The molecule has 0 saturated carbocycles. The molecule has 2 aromatic rings. The summed E-state index contributed by atoms with van der Waals surface area (Å²) < 4.78 is 1.66. The molecule has 5 nitrogen and oxygen atoms in total. The topological polar surface area (TPSA) is 64.2 Å². The molecule has 0 atom stereocenters. The molecule has 0 fully saturated rings. The van der Waals surface area contributed by atoms with Gasteiger partial charge in [0.25, 0.3) is 0 Å². The monoisotopic (exact) mass is 272 g/mol. The lowest BCUT2D eigenvalue weighted by molar-refractivity contribution is -0.132. The van der Waals surface area contributed by atoms with Crippen molar-refractivity contribution in [2.24, 2.45) is 0 Å². The van der Waals surface area contributed by atoms with Crippen LogP contribution in [0.15, 0.2) is 36.7 Å². The summed E-state index contributed by atoms with van der Waals surface area (Å²) in [6.45, 7) is 4.23. The molecule has 0 aliphatic rings. The van der Waals surface area contributed by atoms with E-state index in [0.29, 0.717) is 0 Å². The Kier molecular flexibility index (Phi) is 4.08. The molecule has 1 heterocycles. The van der Waals surface area contributed by atoms with Crippen LogP contribution in [0.4, 0.5) is 5.69 Å². The molecule has 0 bridgehead atoms. The zero-order chi connectivity index (χ0) is 14.7. The molecular weight excluding hydrogens is 252 g/mol. The van der Waals surface area contributed by atoms with Gasteiger partial charge < -0.3 is 10.6 Å². The van der Waals surface area contributed by atoms with E-state index in [0.717, 1.165) is 16.8 Å². The predicted molar refractivity (Wildman–Crippen MR) is 80.0 cm³/mol. The van der Waals surface area contributed by atoms with E-state index < -0.39 is 0 Å². The summed E-state index contributed by atoms with van der Waals surface area (Å²) in [6.07, 6.45) is 3.63. The van der Waals surface area contributed by atoms with Crippen LogP contribution in [0.25, 0.3) is 11.1 Å². The Morgan fingerprint density at radius 3 is 2.55 bits per heavy atom. The zero-order valence-electron chi connectivity index (χ0n) is 12.1. The Morgan fingerprint density at radius 1 is 1.30 bits per heavy atom. The number of nitrogens with zero attached hydrogens (tertiary/aromatic N) is 3. The lowest BCUT2D eigenvalue weighted by Crippen LogP contribution is -2.35. The summed E-state index contributed by atoms with van der Waals surface area (Å²) in [5, 5.41) is 4.23. The third kappa shape index (κ3) is 3.17. The van der Waals surface area contributed by atoms with E-state index in [1.165, 1.54) is 0 Å². The number of amides is 1. The molecular formula is C15H20N4O. The quantitative estimate of drug-likeness (QED) is 0.866. The smallest absolute Gasteiger partial charge is 0.244 e. The molecule has 106 valence electrons. The van der Waals surface area contributed by atoms with E-state index in [9.17, 15) is 4.79 Å². The fraction of sp³-hybridized carbons (Fsp3) is 0.333. The summed E-state index contributed by atoms with van der Waals surface area (Å²) in [4.78, 5) is 13.7. The molecule has 1 amide bonds. The van der Waals surface area contributed by atoms with Crippen LogP contribution in [0.5, 0.6) is 0 Å². The molecule has 2 N–H and O–H groups in total.